The first-order valence-electron chi connectivity index (χ1n) is 3.15. The van der Waals surface area contributed by atoms with Gasteiger partial charge in [0.1, 0.15) is 5.69 Å². The minimum atomic E-state index is 0.736. The second-order valence-corrected chi connectivity index (χ2v) is 3.03. The highest BCUT2D eigenvalue weighted by Gasteiger charge is 2.03. The first-order chi connectivity index (χ1) is 5.38. The van der Waals surface area contributed by atoms with E-state index >= 15 is 0 Å². The van der Waals surface area contributed by atoms with E-state index in [1.54, 1.807) is 23.6 Å². The number of aromatic nitrogens is 2. The molecular formula is C7H6N2OS. The van der Waals surface area contributed by atoms with Crippen molar-refractivity contribution in [3.63, 3.8) is 0 Å². The third-order valence-corrected chi connectivity index (χ3v) is 2.29. The van der Waals surface area contributed by atoms with E-state index in [-0.39, 0.29) is 0 Å². The average molecular weight is 166 g/mol. The van der Waals surface area contributed by atoms with Crippen molar-refractivity contribution in [2.75, 3.05) is 0 Å². The molecule has 0 saturated carbocycles. The number of hydrogen-bond acceptors (Lipinski definition) is 3. The number of nitrogens with zero attached hydrogens (tertiary/aromatic N) is 2. The lowest BCUT2D eigenvalue weighted by Gasteiger charge is -1.93. The summed E-state index contributed by atoms with van der Waals surface area (Å²) in [4.78, 5) is 1.90. The van der Waals surface area contributed by atoms with Crippen LogP contribution in [0.4, 0.5) is 0 Å². The summed E-state index contributed by atoms with van der Waals surface area (Å²) in [5.41, 5.74) is 0.736. The van der Waals surface area contributed by atoms with E-state index in [2.05, 4.69) is 5.10 Å². The Balaban J connectivity index is 2.53. The molecule has 2 rings (SSSR count). The molecule has 0 aliphatic rings. The first-order valence-corrected chi connectivity index (χ1v) is 4.03. The SMILES string of the molecule is On1nccc1-c1cccs1. The molecule has 2 heterocycles. The van der Waals surface area contributed by atoms with Gasteiger partial charge in [0.25, 0.3) is 0 Å². The van der Waals surface area contributed by atoms with Crippen molar-refractivity contribution in [1.29, 1.82) is 0 Å². The summed E-state index contributed by atoms with van der Waals surface area (Å²) in [6.45, 7) is 0. The summed E-state index contributed by atoms with van der Waals surface area (Å²) in [5.74, 6) is 0. The maximum Gasteiger partial charge on any atom is 0.120 e. The highest BCUT2D eigenvalue weighted by molar-refractivity contribution is 7.13. The lowest BCUT2D eigenvalue weighted by atomic mass is 10.3. The van der Waals surface area contributed by atoms with Crippen molar-refractivity contribution >= 4 is 11.3 Å². The van der Waals surface area contributed by atoms with Crippen molar-refractivity contribution in [3.05, 3.63) is 29.8 Å². The predicted molar refractivity (Wildman–Crippen MR) is 42.7 cm³/mol. The van der Waals surface area contributed by atoms with E-state index in [1.165, 1.54) is 0 Å². The van der Waals surface area contributed by atoms with E-state index in [0.29, 0.717) is 0 Å². The summed E-state index contributed by atoms with van der Waals surface area (Å²) in [5, 5.41) is 14.7. The zero-order valence-electron chi connectivity index (χ0n) is 5.64. The molecule has 0 unspecified atom stereocenters. The van der Waals surface area contributed by atoms with Crippen LogP contribution in [0.1, 0.15) is 0 Å². The molecule has 0 radical (unpaired) electrons. The zero-order chi connectivity index (χ0) is 7.68. The molecule has 4 heteroatoms. The Labute approximate surface area is 67.5 Å². The van der Waals surface area contributed by atoms with Crippen LogP contribution < -0.4 is 0 Å². The van der Waals surface area contributed by atoms with Gasteiger partial charge in [-0.2, -0.15) is 0 Å². The maximum absolute atomic E-state index is 9.13. The minimum absolute atomic E-state index is 0.736. The van der Waals surface area contributed by atoms with Gasteiger partial charge < -0.3 is 5.21 Å². The first kappa shape index (κ1) is 6.42. The van der Waals surface area contributed by atoms with E-state index in [0.717, 1.165) is 15.4 Å². The van der Waals surface area contributed by atoms with E-state index in [9.17, 15) is 0 Å². The smallest absolute Gasteiger partial charge is 0.120 e. The predicted octanol–water partition coefficient (Wildman–Crippen LogP) is 1.85. The van der Waals surface area contributed by atoms with Gasteiger partial charge in [0.2, 0.25) is 0 Å². The molecule has 0 aromatic carbocycles. The molecule has 56 valence electrons. The van der Waals surface area contributed by atoms with Gasteiger partial charge in [0.05, 0.1) is 11.1 Å². The lowest BCUT2D eigenvalue weighted by molar-refractivity contribution is 0.153. The number of rotatable bonds is 1. The van der Waals surface area contributed by atoms with Crippen LogP contribution in [0.2, 0.25) is 0 Å². The molecule has 2 aromatic rings. The third-order valence-electron chi connectivity index (χ3n) is 1.40. The molecule has 0 spiro atoms. The van der Waals surface area contributed by atoms with Gasteiger partial charge in [0.15, 0.2) is 0 Å². The molecular weight excluding hydrogens is 160 g/mol. The molecule has 0 atom stereocenters. The standard InChI is InChI=1S/C7H6N2OS/c10-9-6(3-4-8-9)7-2-1-5-11-7/h1-5,10H. The molecule has 0 aliphatic carbocycles. The Morgan fingerprint density at radius 2 is 2.36 bits per heavy atom. The summed E-state index contributed by atoms with van der Waals surface area (Å²) in [6, 6.07) is 5.65. The Morgan fingerprint density at radius 3 is 2.91 bits per heavy atom. The van der Waals surface area contributed by atoms with Crippen LogP contribution in [0.5, 0.6) is 0 Å². The fourth-order valence-electron chi connectivity index (χ4n) is 0.901. The summed E-state index contributed by atoms with van der Waals surface area (Å²) in [6.07, 6.45) is 1.56. The minimum Gasteiger partial charge on any atom is -0.411 e. The molecule has 0 bridgehead atoms. The molecule has 0 amide bonds. The Morgan fingerprint density at radius 1 is 1.45 bits per heavy atom. The monoisotopic (exact) mass is 166 g/mol. The molecule has 0 saturated heterocycles. The van der Waals surface area contributed by atoms with Gasteiger partial charge in [-0.15, -0.1) is 21.3 Å². The second kappa shape index (κ2) is 2.39. The van der Waals surface area contributed by atoms with Crippen molar-refractivity contribution < 1.29 is 5.21 Å². The Bertz CT molecular complexity index is 339. The van der Waals surface area contributed by atoms with Crippen molar-refractivity contribution in [2.45, 2.75) is 0 Å². The topological polar surface area (TPSA) is 38.0 Å². The fraction of sp³-hybridized carbons (Fsp3) is 0. The van der Waals surface area contributed by atoms with Gasteiger partial charge in [-0.3, -0.25) is 0 Å². The number of hydrogen-bond donors (Lipinski definition) is 1. The van der Waals surface area contributed by atoms with Crippen LogP contribution >= 0.6 is 11.3 Å². The van der Waals surface area contributed by atoms with Crippen LogP contribution in [0.3, 0.4) is 0 Å². The van der Waals surface area contributed by atoms with Gasteiger partial charge >= 0.3 is 0 Å². The lowest BCUT2D eigenvalue weighted by Crippen LogP contribution is -1.92. The fourth-order valence-corrected chi connectivity index (χ4v) is 1.63. The molecule has 0 aliphatic heterocycles. The second-order valence-electron chi connectivity index (χ2n) is 2.08. The van der Waals surface area contributed by atoms with E-state index in [1.807, 2.05) is 17.5 Å². The van der Waals surface area contributed by atoms with Gasteiger partial charge in [-0.05, 0) is 17.5 Å². The van der Waals surface area contributed by atoms with Crippen LogP contribution in [0.25, 0.3) is 10.6 Å². The normalized spacial score (nSPS) is 10.2. The number of thiophene rings is 1. The van der Waals surface area contributed by atoms with Crippen molar-refractivity contribution in [3.8, 4) is 10.6 Å². The zero-order valence-corrected chi connectivity index (χ0v) is 6.45. The van der Waals surface area contributed by atoms with Crippen molar-refractivity contribution in [2.24, 2.45) is 0 Å². The quantitative estimate of drug-likeness (QED) is 0.656. The Kier molecular flexibility index (Phi) is 1.40. The van der Waals surface area contributed by atoms with Crippen LogP contribution in [-0.2, 0) is 0 Å². The molecule has 3 nitrogen and oxygen atoms in total. The highest BCUT2D eigenvalue weighted by Crippen LogP contribution is 2.22. The summed E-state index contributed by atoms with van der Waals surface area (Å²) in [7, 11) is 0. The van der Waals surface area contributed by atoms with Gasteiger partial charge in [0, 0.05) is 0 Å². The summed E-state index contributed by atoms with van der Waals surface area (Å²) >= 11 is 1.57. The van der Waals surface area contributed by atoms with E-state index in [4.69, 9.17) is 5.21 Å². The molecule has 11 heavy (non-hydrogen) atoms. The average Bonchev–Trinajstić information content (AvgIpc) is 2.55. The highest BCUT2D eigenvalue weighted by atomic mass is 32.1. The van der Waals surface area contributed by atoms with Gasteiger partial charge in [-0.1, -0.05) is 6.07 Å². The van der Waals surface area contributed by atoms with Crippen LogP contribution in [-0.4, -0.2) is 15.2 Å². The maximum atomic E-state index is 9.13. The van der Waals surface area contributed by atoms with Crippen LogP contribution in [0.15, 0.2) is 29.8 Å². The van der Waals surface area contributed by atoms with Crippen LogP contribution in [0, 0.1) is 0 Å². The van der Waals surface area contributed by atoms with Gasteiger partial charge in [-0.25, -0.2) is 0 Å². The third kappa shape index (κ3) is 1.01. The van der Waals surface area contributed by atoms with Crippen molar-refractivity contribution in [1.82, 2.24) is 9.94 Å². The molecule has 2 aromatic heterocycles. The Hall–Kier alpha value is -1.29. The molecule has 0 fully saturated rings. The van der Waals surface area contributed by atoms with E-state index < -0.39 is 0 Å². The summed E-state index contributed by atoms with van der Waals surface area (Å²) < 4.78 is 0. The molecule has 1 N–H and O–H groups in total. The largest absolute Gasteiger partial charge is 0.411 e.